The molecular weight excluding hydrogens is 206 g/mol. The number of fused-ring (bicyclic) bond motifs is 1. The average molecular weight is 218 g/mol. The predicted molar refractivity (Wildman–Crippen MR) is 57.2 cm³/mol. The van der Waals surface area contributed by atoms with Gasteiger partial charge in [0.2, 0.25) is 5.65 Å². The fraction of sp³-hybridized carbons (Fsp3) is 0.400. The van der Waals surface area contributed by atoms with Gasteiger partial charge in [0.25, 0.3) is 0 Å². The van der Waals surface area contributed by atoms with Crippen LogP contribution in [0.1, 0.15) is 12.8 Å². The van der Waals surface area contributed by atoms with Crippen LogP contribution in [0, 0.1) is 0 Å². The van der Waals surface area contributed by atoms with Crippen LogP contribution in [-0.4, -0.2) is 44.2 Å². The fourth-order valence-electron chi connectivity index (χ4n) is 1.80. The Hall–Kier alpha value is -1.98. The molecule has 1 aliphatic rings. The molecule has 0 unspecified atom stereocenters. The van der Waals surface area contributed by atoms with E-state index in [-0.39, 0.29) is 0 Å². The molecule has 0 saturated carbocycles. The van der Waals surface area contributed by atoms with E-state index in [0.717, 1.165) is 30.8 Å². The summed E-state index contributed by atoms with van der Waals surface area (Å²) in [6, 6.07) is 3.69. The van der Waals surface area contributed by atoms with Crippen molar-refractivity contribution in [3.05, 3.63) is 18.3 Å². The van der Waals surface area contributed by atoms with Crippen molar-refractivity contribution in [1.82, 2.24) is 20.1 Å². The van der Waals surface area contributed by atoms with Crippen molar-refractivity contribution >= 4 is 17.1 Å². The van der Waals surface area contributed by atoms with Crippen LogP contribution in [0.4, 0.5) is 0 Å². The second kappa shape index (κ2) is 3.55. The SMILES string of the molecule is C[N+]1=C(On2nnc3cccnc32)CCC1. The molecule has 0 saturated heterocycles. The van der Waals surface area contributed by atoms with E-state index in [0.29, 0.717) is 5.65 Å². The summed E-state index contributed by atoms with van der Waals surface area (Å²) in [5.41, 5.74) is 1.39. The minimum atomic E-state index is 0.648. The lowest BCUT2D eigenvalue weighted by molar-refractivity contribution is -0.497. The van der Waals surface area contributed by atoms with Gasteiger partial charge >= 0.3 is 5.90 Å². The standard InChI is InChI=1S/C10H12N5O/c1-14-7-3-5-9(14)16-15-10-8(12-13-15)4-2-6-11-10/h2,4,6H,3,5,7H2,1H3/q+1. The van der Waals surface area contributed by atoms with Crippen molar-refractivity contribution in [2.45, 2.75) is 12.8 Å². The summed E-state index contributed by atoms with van der Waals surface area (Å²) in [6.07, 6.45) is 3.76. The first kappa shape index (κ1) is 9.26. The van der Waals surface area contributed by atoms with Crippen LogP contribution in [0.3, 0.4) is 0 Å². The van der Waals surface area contributed by atoms with Gasteiger partial charge in [-0.2, -0.15) is 0 Å². The Labute approximate surface area is 92.1 Å². The molecule has 6 heteroatoms. The molecule has 1 aliphatic heterocycles. The highest BCUT2D eigenvalue weighted by molar-refractivity contribution is 5.74. The largest absolute Gasteiger partial charge is 0.363 e. The van der Waals surface area contributed by atoms with Crippen LogP contribution < -0.4 is 4.84 Å². The lowest BCUT2D eigenvalue weighted by Gasteiger charge is -2.00. The Kier molecular flexibility index (Phi) is 2.05. The Bertz CT molecular complexity index is 559. The molecule has 0 N–H and O–H groups in total. The van der Waals surface area contributed by atoms with E-state index < -0.39 is 0 Å². The molecule has 0 bridgehead atoms. The summed E-state index contributed by atoms with van der Waals surface area (Å²) < 4.78 is 2.08. The zero-order chi connectivity index (χ0) is 11.0. The van der Waals surface area contributed by atoms with E-state index >= 15 is 0 Å². The van der Waals surface area contributed by atoms with Crippen LogP contribution in [0.25, 0.3) is 11.2 Å². The molecule has 0 amide bonds. The zero-order valence-electron chi connectivity index (χ0n) is 9.00. The first-order valence-electron chi connectivity index (χ1n) is 5.26. The molecule has 3 heterocycles. The first-order valence-corrected chi connectivity index (χ1v) is 5.26. The Balaban J connectivity index is 1.98. The van der Waals surface area contributed by atoms with Crippen molar-refractivity contribution in [1.29, 1.82) is 0 Å². The monoisotopic (exact) mass is 218 g/mol. The summed E-state index contributed by atoms with van der Waals surface area (Å²) in [4.78, 5) is 11.2. The fourth-order valence-corrected chi connectivity index (χ4v) is 1.80. The minimum Gasteiger partial charge on any atom is -0.295 e. The molecule has 0 spiro atoms. The van der Waals surface area contributed by atoms with Crippen molar-refractivity contribution in [2.24, 2.45) is 0 Å². The van der Waals surface area contributed by atoms with E-state index in [1.165, 1.54) is 4.85 Å². The molecule has 0 aromatic carbocycles. The lowest BCUT2D eigenvalue weighted by atomic mass is 10.4. The topological polar surface area (TPSA) is 55.8 Å². The number of pyridine rings is 1. The van der Waals surface area contributed by atoms with E-state index in [4.69, 9.17) is 4.84 Å². The predicted octanol–water partition coefficient (Wildman–Crippen LogP) is 0.0895. The van der Waals surface area contributed by atoms with Crippen molar-refractivity contribution < 1.29 is 9.41 Å². The molecule has 0 atom stereocenters. The van der Waals surface area contributed by atoms with Crippen LogP contribution in [0.2, 0.25) is 0 Å². The molecule has 2 aromatic heterocycles. The Morgan fingerprint density at radius 1 is 1.50 bits per heavy atom. The maximum Gasteiger partial charge on any atom is 0.363 e. The summed E-state index contributed by atoms with van der Waals surface area (Å²) in [6.45, 7) is 1.02. The summed E-state index contributed by atoms with van der Waals surface area (Å²) in [5, 5.41) is 7.91. The molecule has 82 valence electrons. The average Bonchev–Trinajstić information content (AvgIpc) is 2.88. The van der Waals surface area contributed by atoms with Gasteiger partial charge in [0, 0.05) is 12.6 Å². The van der Waals surface area contributed by atoms with E-state index in [1.54, 1.807) is 6.20 Å². The molecule has 16 heavy (non-hydrogen) atoms. The molecule has 3 rings (SSSR count). The van der Waals surface area contributed by atoms with Gasteiger partial charge in [-0.15, -0.1) is 5.10 Å². The molecular formula is C10H12N5O+. The third-order valence-electron chi connectivity index (χ3n) is 2.68. The molecule has 6 nitrogen and oxygen atoms in total. The molecule has 0 fully saturated rings. The van der Waals surface area contributed by atoms with Gasteiger partial charge in [0.05, 0.1) is 6.42 Å². The van der Waals surface area contributed by atoms with Crippen LogP contribution in [0.15, 0.2) is 18.3 Å². The maximum atomic E-state index is 5.66. The Morgan fingerprint density at radius 3 is 3.25 bits per heavy atom. The van der Waals surface area contributed by atoms with Crippen molar-refractivity contribution in [3.63, 3.8) is 0 Å². The number of rotatable bonds is 1. The third kappa shape index (κ3) is 1.42. The van der Waals surface area contributed by atoms with Crippen LogP contribution >= 0.6 is 0 Å². The Morgan fingerprint density at radius 2 is 2.44 bits per heavy atom. The normalized spacial score (nSPS) is 16.1. The van der Waals surface area contributed by atoms with Gasteiger partial charge in [0.1, 0.15) is 19.1 Å². The van der Waals surface area contributed by atoms with Crippen molar-refractivity contribution in [3.8, 4) is 0 Å². The highest BCUT2D eigenvalue weighted by Crippen LogP contribution is 2.07. The first-order chi connectivity index (χ1) is 7.84. The highest BCUT2D eigenvalue weighted by atomic mass is 16.7. The molecule has 2 aromatic rings. The second-order valence-corrected chi connectivity index (χ2v) is 3.82. The van der Waals surface area contributed by atoms with Gasteiger partial charge in [-0.3, -0.25) is 4.84 Å². The summed E-state index contributed by atoms with van der Waals surface area (Å²) in [7, 11) is 2.01. The quantitative estimate of drug-likeness (QED) is 0.636. The third-order valence-corrected chi connectivity index (χ3v) is 2.68. The smallest absolute Gasteiger partial charge is 0.295 e. The number of hydrogen-bond donors (Lipinski definition) is 0. The zero-order valence-corrected chi connectivity index (χ0v) is 9.00. The van der Waals surface area contributed by atoms with Gasteiger partial charge in [0.15, 0.2) is 0 Å². The van der Waals surface area contributed by atoms with Gasteiger partial charge in [-0.25, -0.2) is 9.56 Å². The van der Waals surface area contributed by atoms with Crippen molar-refractivity contribution in [2.75, 3.05) is 13.6 Å². The lowest BCUT2D eigenvalue weighted by Crippen LogP contribution is -2.25. The molecule has 0 aliphatic carbocycles. The minimum absolute atomic E-state index is 0.648. The summed E-state index contributed by atoms with van der Waals surface area (Å²) in [5.74, 6) is 0.914. The van der Waals surface area contributed by atoms with Crippen LogP contribution in [-0.2, 0) is 0 Å². The van der Waals surface area contributed by atoms with Gasteiger partial charge in [-0.05, 0) is 22.2 Å². The van der Waals surface area contributed by atoms with Gasteiger partial charge in [-0.1, -0.05) is 0 Å². The number of nitrogens with zero attached hydrogens (tertiary/aromatic N) is 5. The highest BCUT2D eigenvalue weighted by Gasteiger charge is 2.22. The van der Waals surface area contributed by atoms with E-state index in [2.05, 4.69) is 19.9 Å². The van der Waals surface area contributed by atoms with Crippen LogP contribution in [0.5, 0.6) is 0 Å². The van der Waals surface area contributed by atoms with E-state index in [1.807, 2.05) is 19.2 Å². The number of hydrogen-bond acceptors (Lipinski definition) is 4. The molecule has 0 radical (unpaired) electrons. The van der Waals surface area contributed by atoms with Gasteiger partial charge < -0.3 is 0 Å². The second-order valence-electron chi connectivity index (χ2n) is 3.82. The summed E-state index contributed by atoms with van der Waals surface area (Å²) >= 11 is 0. The maximum absolute atomic E-state index is 5.66. The number of aromatic nitrogens is 4. The van der Waals surface area contributed by atoms with E-state index in [9.17, 15) is 0 Å².